The van der Waals surface area contributed by atoms with Gasteiger partial charge in [-0.25, -0.2) is 0 Å². The third-order valence-electron chi connectivity index (χ3n) is 3.31. The Kier molecular flexibility index (Phi) is 4.39. The van der Waals surface area contributed by atoms with Gasteiger partial charge in [-0.3, -0.25) is 4.79 Å². The van der Waals surface area contributed by atoms with Gasteiger partial charge >= 0.3 is 0 Å². The highest BCUT2D eigenvalue weighted by Gasteiger charge is 2.39. The highest BCUT2D eigenvalue weighted by Crippen LogP contribution is 2.37. The molecular formula is C14H18Cl2N2O. The third kappa shape index (κ3) is 3.04. The number of carbonyl (C=O) groups excluding carboxylic acids is 1. The molecule has 0 spiro atoms. The Bertz CT molecular complexity index is 490. The van der Waals surface area contributed by atoms with Crippen molar-refractivity contribution >= 4 is 29.1 Å². The lowest BCUT2D eigenvalue weighted by Crippen LogP contribution is -2.35. The summed E-state index contributed by atoms with van der Waals surface area (Å²) < 4.78 is 0. The second-order valence-electron chi connectivity index (χ2n) is 5.42. The maximum absolute atomic E-state index is 12.1. The van der Waals surface area contributed by atoms with E-state index in [-0.39, 0.29) is 18.0 Å². The Morgan fingerprint density at radius 1 is 1.42 bits per heavy atom. The maximum atomic E-state index is 12.1. The standard InChI is InChI=1S/C14H18Cl2N2O/c1-8(2)7-18-13(19)6-12(17)14(18)10-5-9(15)3-4-11(10)16/h3-5,8,12,14H,6-7,17H2,1-2H3. The lowest BCUT2D eigenvalue weighted by molar-refractivity contribution is -0.129. The van der Waals surface area contributed by atoms with Gasteiger partial charge in [-0.2, -0.15) is 0 Å². The van der Waals surface area contributed by atoms with E-state index in [1.54, 1.807) is 18.2 Å². The summed E-state index contributed by atoms with van der Waals surface area (Å²) in [7, 11) is 0. The number of carbonyl (C=O) groups is 1. The molecule has 2 unspecified atom stereocenters. The monoisotopic (exact) mass is 300 g/mol. The van der Waals surface area contributed by atoms with Crippen LogP contribution in [0.3, 0.4) is 0 Å². The van der Waals surface area contributed by atoms with E-state index in [9.17, 15) is 4.79 Å². The molecule has 0 aliphatic carbocycles. The topological polar surface area (TPSA) is 46.3 Å². The molecule has 5 heteroatoms. The summed E-state index contributed by atoms with van der Waals surface area (Å²) in [6.07, 6.45) is 0.361. The van der Waals surface area contributed by atoms with Crippen LogP contribution in [0, 0.1) is 5.92 Å². The second kappa shape index (κ2) is 5.70. The van der Waals surface area contributed by atoms with Crippen LogP contribution < -0.4 is 5.73 Å². The van der Waals surface area contributed by atoms with Crippen molar-refractivity contribution in [3.05, 3.63) is 33.8 Å². The lowest BCUT2D eigenvalue weighted by atomic mass is 10.00. The molecule has 2 rings (SSSR count). The van der Waals surface area contributed by atoms with Crippen molar-refractivity contribution in [3.8, 4) is 0 Å². The number of likely N-dealkylation sites (tertiary alicyclic amines) is 1. The molecule has 1 aromatic rings. The summed E-state index contributed by atoms with van der Waals surface area (Å²) >= 11 is 12.3. The minimum Gasteiger partial charge on any atom is -0.334 e. The molecule has 1 heterocycles. The molecule has 104 valence electrons. The fourth-order valence-corrected chi connectivity index (χ4v) is 2.98. The normalized spacial score (nSPS) is 23.5. The smallest absolute Gasteiger partial charge is 0.224 e. The molecule has 1 fully saturated rings. The number of rotatable bonds is 3. The maximum Gasteiger partial charge on any atom is 0.224 e. The number of halogens is 2. The molecule has 0 radical (unpaired) electrons. The van der Waals surface area contributed by atoms with Gasteiger partial charge in [-0.1, -0.05) is 37.0 Å². The zero-order valence-electron chi connectivity index (χ0n) is 11.1. The van der Waals surface area contributed by atoms with Crippen LogP contribution in [0.2, 0.25) is 10.0 Å². The lowest BCUT2D eigenvalue weighted by Gasteiger charge is -2.29. The number of hydrogen-bond acceptors (Lipinski definition) is 2. The summed E-state index contributed by atoms with van der Waals surface area (Å²) in [4.78, 5) is 13.9. The van der Waals surface area contributed by atoms with Crippen molar-refractivity contribution in [2.24, 2.45) is 11.7 Å². The first-order chi connectivity index (χ1) is 8.90. The Morgan fingerprint density at radius 3 is 2.74 bits per heavy atom. The van der Waals surface area contributed by atoms with E-state index in [0.717, 1.165) is 5.56 Å². The summed E-state index contributed by atoms with van der Waals surface area (Å²) in [5, 5.41) is 1.21. The number of amides is 1. The molecule has 2 atom stereocenters. The second-order valence-corrected chi connectivity index (χ2v) is 6.26. The van der Waals surface area contributed by atoms with Gasteiger partial charge in [-0.15, -0.1) is 0 Å². The SMILES string of the molecule is CC(C)CN1C(=O)CC(N)C1c1cc(Cl)ccc1Cl. The van der Waals surface area contributed by atoms with E-state index in [0.29, 0.717) is 28.9 Å². The number of hydrogen-bond donors (Lipinski definition) is 1. The van der Waals surface area contributed by atoms with Crippen molar-refractivity contribution in [1.29, 1.82) is 0 Å². The zero-order valence-corrected chi connectivity index (χ0v) is 12.6. The van der Waals surface area contributed by atoms with Gasteiger partial charge in [0.15, 0.2) is 0 Å². The van der Waals surface area contributed by atoms with E-state index in [4.69, 9.17) is 28.9 Å². The molecule has 1 amide bonds. The van der Waals surface area contributed by atoms with Gasteiger partial charge in [0.05, 0.1) is 6.04 Å². The number of benzene rings is 1. The zero-order chi connectivity index (χ0) is 14.2. The van der Waals surface area contributed by atoms with Gasteiger partial charge in [0, 0.05) is 29.1 Å². The molecule has 1 saturated heterocycles. The van der Waals surface area contributed by atoms with Gasteiger partial charge in [0.25, 0.3) is 0 Å². The van der Waals surface area contributed by atoms with E-state index in [1.165, 1.54) is 0 Å². The van der Waals surface area contributed by atoms with E-state index < -0.39 is 0 Å². The van der Waals surface area contributed by atoms with Gasteiger partial charge < -0.3 is 10.6 Å². The summed E-state index contributed by atoms with van der Waals surface area (Å²) in [6.45, 7) is 4.83. The third-order valence-corrected chi connectivity index (χ3v) is 3.89. The first-order valence-corrected chi connectivity index (χ1v) is 7.15. The van der Waals surface area contributed by atoms with Crippen LogP contribution in [-0.4, -0.2) is 23.4 Å². The molecule has 1 aliphatic heterocycles. The highest BCUT2D eigenvalue weighted by atomic mass is 35.5. The van der Waals surface area contributed by atoms with Crippen LogP contribution in [0.4, 0.5) is 0 Å². The Hall–Kier alpha value is -0.770. The van der Waals surface area contributed by atoms with Gasteiger partial charge in [-0.05, 0) is 29.7 Å². The van der Waals surface area contributed by atoms with Crippen LogP contribution in [0.1, 0.15) is 31.9 Å². The van der Waals surface area contributed by atoms with Crippen molar-refractivity contribution in [2.75, 3.05) is 6.54 Å². The van der Waals surface area contributed by atoms with Crippen LogP contribution in [-0.2, 0) is 4.79 Å². The van der Waals surface area contributed by atoms with Crippen LogP contribution in [0.15, 0.2) is 18.2 Å². The largest absolute Gasteiger partial charge is 0.334 e. The predicted octanol–water partition coefficient (Wildman–Crippen LogP) is 3.25. The molecular weight excluding hydrogens is 283 g/mol. The van der Waals surface area contributed by atoms with E-state index in [1.807, 2.05) is 4.90 Å². The molecule has 0 bridgehead atoms. The molecule has 1 aromatic carbocycles. The molecule has 1 aliphatic rings. The van der Waals surface area contributed by atoms with Crippen LogP contribution in [0.5, 0.6) is 0 Å². The van der Waals surface area contributed by atoms with Crippen LogP contribution >= 0.6 is 23.2 Å². The number of nitrogens with two attached hydrogens (primary N) is 1. The average Bonchev–Trinajstić information content (AvgIpc) is 2.57. The average molecular weight is 301 g/mol. The van der Waals surface area contributed by atoms with Gasteiger partial charge in [0.1, 0.15) is 0 Å². The molecule has 2 N–H and O–H groups in total. The van der Waals surface area contributed by atoms with Crippen molar-refractivity contribution in [1.82, 2.24) is 4.90 Å². The van der Waals surface area contributed by atoms with E-state index >= 15 is 0 Å². The Balaban J connectivity index is 2.39. The molecule has 3 nitrogen and oxygen atoms in total. The Morgan fingerprint density at radius 2 is 2.11 bits per heavy atom. The molecule has 0 aromatic heterocycles. The first kappa shape index (κ1) is 14.6. The fourth-order valence-electron chi connectivity index (χ4n) is 2.57. The predicted molar refractivity (Wildman–Crippen MR) is 78.3 cm³/mol. The summed E-state index contributed by atoms with van der Waals surface area (Å²) in [5.41, 5.74) is 6.96. The summed E-state index contributed by atoms with van der Waals surface area (Å²) in [5.74, 6) is 0.469. The van der Waals surface area contributed by atoms with E-state index in [2.05, 4.69) is 13.8 Å². The first-order valence-electron chi connectivity index (χ1n) is 6.40. The summed E-state index contributed by atoms with van der Waals surface area (Å²) in [6, 6.07) is 4.88. The van der Waals surface area contributed by atoms with Crippen molar-refractivity contribution in [3.63, 3.8) is 0 Å². The minimum atomic E-state index is -0.234. The number of nitrogens with zero attached hydrogens (tertiary/aromatic N) is 1. The quantitative estimate of drug-likeness (QED) is 0.931. The highest BCUT2D eigenvalue weighted by molar-refractivity contribution is 6.33. The van der Waals surface area contributed by atoms with Crippen molar-refractivity contribution < 1.29 is 4.79 Å². The molecule has 0 saturated carbocycles. The minimum absolute atomic E-state index is 0.0854. The fraction of sp³-hybridized carbons (Fsp3) is 0.500. The Labute approximate surface area is 123 Å². The molecule has 19 heavy (non-hydrogen) atoms. The van der Waals surface area contributed by atoms with Gasteiger partial charge in [0.2, 0.25) is 5.91 Å². The van der Waals surface area contributed by atoms with Crippen molar-refractivity contribution in [2.45, 2.75) is 32.4 Å². The van der Waals surface area contributed by atoms with Crippen LogP contribution in [0.25, 0.3) is 0 Å².